The zero-order chi connectivity index (χ0) is 29.5. The molecule has 9 nitrogen and oxygen atoms in total. The van der Waals surface area contributed by atoms with E-state index in [4.69, 9.17) is 9.47 Å². The molecule has 42 heavy (non-hydrogen) atoms. The van der Waals surface area contributed by atoms with Crippen LogP contribution in [0.15, 0.2) is 82.6 Å². The number of benzene rings is 3. The summed E-state index contributed by atoms with van der Waals surface area (Å²) in [7, 11) is 3.12. The molecule has 0 radical (unpaired) electrons. The van der Waals surface area contributed by atoms with Gasteiger partial charge in [0.2, 0.25) is 17.7 Å². The number of hydrogen-bond donors (Lipinski definition) is 1. The van der Waals surface area contributed by atoms with E-state index in [1.165, 1.54) is 21.2 Å². The van der Waals surface area contributed by atoms with Crippen molar-refractivity contribution in [1.82, 2.24) is 4.57 Å². The van der Waals surface area contributed by atoms with Gasteiger partial charge in [-0.2, -0.15) is 0 Å². The highest BCUT2D eigenvalue weighted by Gasteiger charge is 2.56. The first-order chi connectivity index (χ1) is 20.3. The highest BCUT2D eigenvalue weighted by atomic mass is 32.2. The van der Waals surface area contributed by atoms with Gasteiger partial charge in [0, 0.05) is 16.5 Å². The number of hydrogen-bond acceptors (Lipinski definition) is 8. The molecule has 2 aliphatic heterocycles. The quantitative estimate of drug-likeness (QED) is 0.307. The third kappa shape index (κ3) is 4.78. The minimum atomic E-state index is -0.779. The van der Waals surface area contributed by atoms with Gasteiger partial charge in [-0.15, -0.1) is 0 Å². The number of methoxy groups -OCH3 is 2. The van der Waals surface area contributed by atoms with Gasteiger partial charge in [0.15, 0.2) is 0 Å². The molecule has 6 rings (SSSR count). The molecule has 3 unspecified atom stereocenters. The Bertz CT molecular complexity index is 1750. The first-order valence-electron chi connectivity index (χ1n) is 13.2. The van der Waals surface area contributed by atoms with Gasteiger partial charge in [0.05, 0.1) is 30.9 Å². The molecule has 0 spiro atoms. The zero-order valence-electron chi connectivity index (χ0n) is 23.0. The van der Waals surface area contributed by atoms with Crippen molar-refractivity contribution in [3.05, 3.63) is 98.5 Å². The van der Waals surface area contributed by atoms with E-state index in [9.17, 15) is 19.2 Å². The molecular weight excluding hydrogens is 574 g/mol. The van der Waals surface area contributed by atoms with E-state index >= 15 is 0 Å². The van der Waals surface area contributed by atoms with Crippen LogP contribution in [0.3, 0.4) is 0 Å². The predicted molar refractivity (Wildman–Crippen MR) is 162 cm³/mol. The summed E-state index contributed by atoms with van der Waals surface area (Å²) in [6.07, 6.45) is 0. The molecular formula is C31H27N3O6S2. The number of thiazole rings is 1. The number of aromatic nitrogens is 1. The maximum absolute atomic E-state index is 14.0. The normalized spacial score (nSPS) is 19.3. The molecule has 214 valence electrons. The lowest BCUT2D eigenvalue weighted by molar-refractivity contribution is -0.122. The molecule has 0 bridgehead atoms. The van der Waals surface area contributed by atoms with Crippen LogP contribution in [-0.4, -0.2) is 41.8 Å². The number of amides is 3. The number of ether oxygens (including phenoxy) is 2. The van der Waals surface area contributed by atoms with Crippen molar-refractivity contribution in [3.63, 3.8) is 0 Å². The number of thioether (sulfide) groups is 1. The lowest BCUT2D eigenvalue weighted by Crippen LogP contribution is -2.33. The second-order valence-corrected chi connectivity index (χ2v) is 12.1. The van der Waals surface area contributed by atoms with E-state index < -0.39 is 17.1 Å². The molecule has 1 N–H and O–H groups in total. The molecule has 3 atom stereocenters. The average Bonchev–Trinajstić information content (AvgIpc) is 3.44. The van der Waals surface area contributed by atoms with Crippen LogP contribution in [-0.2, 0) is 20.9 Å². The highest BCUT2D eigenvalue weighted by molar-refractivity contribution is 8.00. The summed E-state index contributed by atoms with van der Waals surface area (Å²) in [6, 6.07) is 21.5. The van der Waals surface area contributed by atoms with E-state index in [1.54, 1.807) is 56.7 Å². The van der Waals surface area contributed by atoms with Gasteiger partial charge in [-0.3, -0.25) is 23.7 Å². The number of carbonyl (C=O) groups is 3. The number of fused-ring (bicyclic) bond motifs is 2. The van der Waals surface area contributed by atoms with Crippen LogP contribution in [0, 0.1) is 12.8 Å². The van der Waals surface area contributed by atoms with Crippen molar-refractivity contribution >= 4 is 52.2 Å². The first-order valence-corrected chi connectivity index (χ1v) is 14.9. The number of anilines is 2. The third-order valence-electron chi connectivity index (χ3n) is 7.58. The molecule has 0 aliphatic carbocycles. The van der Waals surface area contributed by atoms with Gasteiger partial charge in [-0.1, -0.05) is 53.4 Å². The topological polar surface area (TPSA) is 107 Å². The van der Waals surface area contributed by atoms with Gasteiger partial charge in [-0.25, -0.2) is 4.90 Å². The molecule has 1 saturated heterocycles. The van der Waals surface area contributed by atoms with Gasteiger partial charge in [-0.05, 0) is 60.5 Å². The van der Waals surface area contributed by atoms with Crippen molar-refractivity contribution < 1.29 is 23.9 Å². The maximum Gasteiger partial charge on any atom is 0.308 e. The average molecular weight is 602 g/mol. The van der Waals surface area contributed by atoms with E-state index in [0.717, 1.165) is 22.5 Å². The molecule has 1 fully saturated rings. The number of imide groups is 1. The van der Waals surface area contributed by atoms with Crippen LogP contribution < -0.4 is 24.6 Å². The number of para-hydroxylation sites is 1. The zero-order valence-corrected chi connectivity index (χ0v) is 24.7. The molecule has 0 saturated carbocycles. The lowest BCUT2D eigenvalue weighted by Gasteiger charge is -2.30. The summed E-state index contributed by atoms with van der Waals surface area (Å²) < 4.78 is 12.0. The third-order valence-corrected chi connectivity index (χ3v) is 10.2. The fourth-order valence-electron chi connectivity index (χ4n) is 5.46. The van der Waals surface area contributed by atoms with Gasteiger partial charge >= 0.3 is 4.87 Å². The summed E-state index contributed by atoms with van der Waals surface area (Å²) in [5.74, 6) is -1.10. The van der Waals surface area contributed by atoms with E-state index in [0.29, 0.717) is 32.8 Å². The first kappa shape index (κ1) is 27.8. The Balaban J connectivity index is 1.41. The SMILES string of the molecule is COc1ccc(C2c3sc(=O)n(CC(=O)Nc4ccccc4C)c3SC3C(=O)N(c4ccc(OC)cc4)C(=O)C32)cc1. The molecule has 11 heteroatoms. The van der Waals surface area contributed by atoms with Gasteiger partial charge < -0.3 is 14.8 Å². The Morgan fingerprint density at radius 2 is 1.52 bits per heavy atom. The Labute approximate surface area is 250 Å². The summed E-state index contributed by atoms with van der Waals surface area (Å²) in [4.78, 5) is 55.9. The van der Waals surface area contributed by atoms with Crippen LogP contribution in [0.25, 0.3) is 0 Å². The smallest absolute Gasteiger partial charge is 0.308 e. The number of nitrogens with zero attached hydrogens (tertiary/aromatic N) is 2. The van der Waals surface area contributed by atoms with Crippen molar-refractivity contribution in [2.45, 2.75) is 29.7 Å². The minimum absolute atomic E-state index is 0.219. The Morgan fingerprint density at radius 1 is 0.881 bits per heavy atom. The molecule has 3 aromatic carbocycles. The van der Waals surface area contributed by atoms with Crippen LogP contribution in [0.5, 0.6) is 11.5 Å². The van der Waals surface area contributed by atoms with Crippen molar-refractivity contribution in [2.24, 2.45) is 5.92 Å². The van der Waals surface area contributed by atoms with Crippen LogP contribution in [0.4, 0.5) is 11.4 Å². The van der Waals surface area contributed by atoms with Crippen LogP contribution >= 0.6 is 23.1 Å². The Morgan fingerprint density at radius 3 is 2.17 bits per heavy atom. The highest BCUT2D eigenvalue weighted by Crippen LogP contribution is 2.54. The fourth-order valence-corrected chi connectivity index (χ4v) is 8.23. The monoisotopic (exact) mass is 601 g/mol. The summed E-state index contributed by atoms with van der Waals surface area (Å²) in [5, 5.41) is 2.63. The van der Waals surface area contributed by atoms with Crippen LogP contribution in [0.2, 0.25) is 0 Å². The van der Waals surface area contributed by atoms with E-state index in [-0.39, 0.29) is 29.1 Å². The standard InChI is InChI=1S/C31H27N3O6S2/c1-17-6-4-5-7-22(17)32-23(35)16-33-30-27(42-31(33)38)24(18-8-12-20(39-2)13-9-18)25-26(41-30)29(37)34(28(25)36)19-10-14-21(40-3)15-11-19/h4-15,24-26H,16H2,1-3H3,(H,32,35). The second-order valence-electron chi connectivity index (χ2n) is 10.0. The Hall–Kier alpha value is -4.35. The van der Waals surface area contributed by atoms with Gasteiger partial charge in [0.25, 0.3) is 0 Å². The van der Waals surface area contributed by atoms with Crippen molar-refractivity contribution in [2.75, 3.05) is 24.4 Å². The molecule has 3 heterocycles. The minimum Gasteiger partial charge on any atom is -0.497 e. The van der Waals surface area contributed by atoms with Crippen molar-refractivity contribution in [1.29, 1.82) is 0 Å². The van der Waals surface area contributed by atoms with Crippen LogP contribution in [0.1, 0.15) is 21.9 Å². The summed E-state index contributed by atoms with van der Waals surface area (Å²) >= 11 is 2.19. The summed E-state index contributed by atoms with van der Waals surface area (Å²) in [6.45, 7) is 1.67. The number of rotatable bonds is 7. The molecule has 3 amide bonds. The summed E-state index contributed by atoms with van der Waals surface area (Å²) in [5.41, 5.74) is 2.79. The largest absolute Gasteiger partial charge is 0.497 e. The fraction of sp³-hybridized carbons (Fsp3) is 0.226. The molecule has 4 aromatic rings. The second kappa shape index (κ2) is 11.1. The predicted octanol–water partition coefficient (Wildman–Crippen LogP) is 4.67. The number of carbonyl (C=O) groups excluding carboxylic acids is 3. The van der Waals surface area contributed by atoms with E-state index in [1.807, 2.05) is 37.3 Å². The Kier molecular flexibility index (Phi) is 7.38. The molecule has 1 aromatic heterocycles. The van der Waals surface area contributed by atoms with Crippen molar-refractivity contribution in [3.8, 4) is 11.5 Å². The lowest BCUT2D eigenvalue weighted by atomic mass is 9.83. The maximum atomic E-state index is 14.0. The number of aryl methyl sites for hydroxylation is 1. The molecule has 2 aliphatic rings. The van der Waals surface area contributed by atoms with Gasteiger partial charge in [0.1, 0.15) is 23.3 Å². The van der Waals surface area contributed by atoms with E-state index in [2.05, 4.69) is 5.32 Å². The number of nitrogens with one attached hydrogen (secondary N) is 1.